The van der Waals surface area contributed by atoms with Gasteiger partial charge in [0.25, 0.3) is 0 Å². The topological polar surface area (TPSA) is 20.3 Å². The molecule has 0 radical (unpaired) electrons. The Hall–Kier alpha value is -1.52. The number of hydrogen-bond donors (Lipinski definition) is 0. The summed E-state index contributed by atoms with van der Waals surface area (Å²) in [4.78, 5) is 12.4. The lowest BCUT2D eigenvalue weighted by molar-refractivity contribution is -0.188. The normalized spacial score (nSPS) is 19.2. The quantitative estimate of drug-likeness (QED) is 0.766. The number of aryl methyl sites for hydroxylation is 1. The van der Waals surface area contributed by atoms with Crippen LogP contribution in [-0.4, -0.2) is 23.5 Å². The minimum absolute atomic E-state index is 0.132. The fraction of sp³-hybridized carbons (Fsp3) is 0.500. The van der Waals surface area contributed by atoms with Crippen LogP contribution in [0.5, 0.6) is 0 Å². The highest BCUT2D eigenvalue weighted by atomic mass is 19.4. The Bertz CT molecular complexity index is 496. The van der Waals surface area contributed by atoms with Crippen LogP contribution in [0.4, 0.5) is 13.2 Å². The van der Waals surface area contributed by atoms with Crippen LogP contribution >= 0.6 is 0 Å². The van der Waals surface area contributed by atoms with E-state index in [4.69, 9.17) is 0 Å². The van der Waals surface area contributed by atoms with E-state index in [-0.39, 0.29) is 6.54 Å². The van der Waals surface area contributed by atoms with E-state index >= 15 is 0 Å². The number of amides is 1. The van der Waals surface area contributed by atoms with Crippen LogP contribution in [0.2, 0.25) is 0 Å². The molecule has 0 saturated heterocycles. The van der Waals surface area contributed by atoms with Crippen LogP contribution in [0.1, 0.15) is 36.1 Å². The molecule has 1 aliphatic heterocycles. The molecule has 5 heteroatoms. The Labute approximate surface area is 110 Å². The molecular formula is C14H16F3NO. The molecule has 1 unspecified atom stereocenters. The summed E-state index contributed by atoms with van der Waals surface area (Å²) in [6, 6.07) is 5.24. The van der Waals surface area contributed by atoms with E-state index in [9.17, 15) is 18.0 Å². The first-order valence-corrected chi connectivity index (χ1v) is 6.31. The van der Waals surface area contributed by atoms with Crippen molar-refractivity contribution in [2.75, 3.05) is 6.54 Å². The van der Waals surface area contributed by atoms with Crippen molar-refractivity contribution in [1.82, 2.24) is 4.90 Å². The molecule has 1 aliphatic rings. The first kappa shape index (κ1) is 13.9. The predicted octanol–water partition coefficient (Wildman–Crippen LogP) is 3.39. The van der Waals surface area contributed by atoms with E-state index < -0.39 is 18.1 Å². The molecule has 1 heterocycles. The Kier molecular flexibility index (Phi) is 3.56. The second-order valence-electron chi connectivity index (χ2n) is 4.87. The van der Waals surface area contributed by atoms with E-state index in [1.54, 1.807) is 6.92 Å². The van der Waals surface area contributed by atoms with Crippen molar-refractivity contribution in [3.05, 3.63) is 34.9 Å². The largest absolute Gasteiger partial charge is 0.471 e. The molecule has 0 aliphatic carbocycles. The molecule has 2 nitrogen and oxygen atoms in total. The number of nitrogens with zero attached hydrogens (tertiary/aromatic N) is 1. The van der Waals surface area contributed by atoms with Gasteiger partial charge in [0.1, 0.15) is 0 Å². The molecule has 104 valence electrons. The molecule has 1 aromatic rings. The summed E-state index contributed by atoms with van der Waals surface area (Å²) in [7, 11) is 0. The number of hydrogen-bond acceptors (Lipinski definition) is 1. The number of halogens is 3. The van der Waals surface area contributed by atoms with Crippen molar-refractivity contribution in [2.24, 2.45) is 0 Å². The van der Waals surface area contributed by atoms with Crippen molar-refractivity contribution in [3.8, 4) is 0 Å². The highest BCUT2D eigenvalue weighted by Crippen LogP contribution is 2.35. The van der Waals surface area contributed by atoms with Gasteiger partial charge in [-0.25, -0.2) is 0 Å². The summed E-state index contributed by atoms with van der Waals surface area (Å²) in [5.41, 5.74) is 2.99. The number of alkyl halides is 3. The van der Waals surface area contributed by atoms with Gasteiger partial charge in [0.15, 0.2) is 0 Å². The van der Waals surface area contributed by atoms with Crippen LogP contribution < -0.4 is 0 Å². The maximum atomic E-state index is 12.6. The number of carbonyl (C=O) groups excluding carboxylic acids is 1. The van der Waals surface area contributed by atoms with Gasteiger partial charge >= 0.3 is 12.1 Å². The van der Waals surface area contributed by atoms with Gasteiger partial charge in [0, 0.05) is 6.54 Å². The van der Waals surface area contributed by atoms with Crippen molar-refractivity contribution >= 4 is 5.91 Å². The highest BCUT2D eigenvalue weighted by molar-refractivity contribution is 5.82. The van der Waals surface area contributed by atoms with Gasteiger partial charge in [-0.1, -0.05) is 30.7 Å². The first-order valence-electron chi connectivity index (χ1n) is 6.31. The summed E-state index contributed by atoms with van der Waals surface area (Å²) in [6.45, 7) is 3.89. The Balaban J connectivity index is 2.37. The van der Waals surface area contributed by atoms with Gasteiger partial charge in [-0.3, -0.25) is 4.79 Å². The van der Waals surface area contributed by atoms with Gasteiger partial charge < -0.3 is 4.90 Å². The lowest BCUT2D eigenvalue weighted by atomic mass is 9.90. The average Bonchev–Trinajstić information content (AvgIpc) is 2.35. The monoisotopic (exact) mass is 271 g/mol. The molecule has 0 spiro atoms. The fourth-order valence-corrected chi connectivity index (χ4v) is 2.69. The molecule has 2 rings (SSSR count). The van der Waals surface area contributed by atoms with E-state index in [1.807, 2.05) is 25.1 Å². The van der Waals surface area contributed by atoms with Gasteiger partial charge in [-0.2, -0.15) is 13.2 Å². The second kappa shape index (κ2) is 4.87. The molecule has 1 aromatic carbocycles. The van der Waals surface area contributed by atoms with Crippen LogP contribution in [0.15, 0.2) is 18.2 Å². The third-order valence-corrected chi connectivity index (χ3v) is 3.55. The minimum Gasteiger partial charge on any atom is -0.328 e. The van der Waals surface area contributed by atoms with E-state index in [0.29, 0.717) is 12.8 Å². The summed E-state index contributed by atoms with van der Waals surface area (Å²) in [5, 5.41) is 0. The van der Waals surface area contributed by atoms with Gasteiger partial charge in [-0.15, -0.1) is 0 Å². The summed E-state index contributed by atoms with van der Waals surface area (Å²) in [5.74, 6) is -1.73. The van der Waals surface area contributed by atoms with Crippen LogP contribution in [-0.2, 0) is 11.2 Å². The summed E-state index contributed by atoms with van der Waals surface area (Å²) in [6.07, 6.45) is -3.83. The molecule has 0 aromatic heterocycles. The van der Waals surface area contributed by atoms with E-state index in [0.717, 1.165) is 21.6 Å². The standard InChI is InChI=1S/C14H16F3NO/c1-3-12-11-5-4-9(2)8-10(11)6-7-18(12)13(19)14(15,16)17/h4-5,8,12H,3,6-7H2,1-2H3. The third kappa shape index (κ3) is 2.60. The van der Waals surface area contributed by atoms with Crippen molar-refractivity contribution < 1.29 is 18.0 Å². The second-order valence-corrected chi connectivity index (χ2v) is 4.87. The molecule has 1 atom stereocenters. The van der Waals surface area contributed by atoms with E-state index in [2.05, 4.69) is 0 Å². The van der Waals surface area contributed by atoms with Crippen LogP contribution in [0.3, 0.4) is 0 Å². The highest BCUT2D eigenvalue weighted by Gasteiger charge is 2.45. The Morgan fingerprint density at radius 3 is 2.68 bits per heavy atom. The van der Waals surface area contributed by atoms with Gasteiger partial charge in [0.2, 0.25) is 0 Å². The fourth-order valence-electron chi connectivity index (χ4n) is 2.69. The maximum Gasteiger partial charge on any atom is 0.471 e. The number of benzene rings is 1. The van der Waals surface area contributed by atoms with Crippen molar-refractivity contribution in [3.63, 3.8) is 0 Å². The summed E-state index contributed by atoms with van der Waals surface area (Å²) >= 11 is 0. The Morgan fingerprint density at radius 1 is 1.42 bits per heavy atom. The van der Waals surface area contributed by atoms with Crippen LogP contribution in [0, 0.1) is 6.92 Å². The zero-order valence-electron chi connectivity index (χ0n) is 10.9. The zero-order valence-corrected chi connectivity index (χ0v) is 10.9. The van der Waals surface area contributed by atoms with Gasteiger partial charge in [-0.05, 0) is 30.9 Å². The molecule has 19 heavy (non-hydrogen) atoms. The smallest absolute Gasteiger partial charge is 0.328 e. The maximum absolute atomic E-state index is 12.6. The average molecular weight is 271 g/mol. The zero-order chi connectivity index (χ0) is 14.2. The van der Waals surface area contributed by atoms with Crippen LogP contribution in [0.25, 0.3) is 0 Å². The molecule has 0 bridgehead atoms. The first-order chi connectivity index (χ1) is 8.84. The SMILES string of the molecule is CCC1c2ccc(C)cc2CCN1C(=O)C(F)(F)F. The lowest BCUT2D eigenvalue weighted by Crippen LogP contribution is -2.46. The van der Waals surface area contributed by atoms with Crippen molar-refractivity contribution in [2.45, 2.75) is 38.9 Å². The van der Waals surface area contributed by atoms with Crippen molar-refractivity contribution in [1.29, 1.82) is 0 Å². The molecule has 1 amide bonds. The molecule has 0 N–H and O–H groups in total. The van der Waals surface area contributed by atoms with Gasteiger partial charge in [0.05, 0.1) is 6.04 Å². The Morgan fingerprint density at radius 2 is 2.11 bits per heavy atom. The predicted molar refractivity (Wildman–Crippen MR) is 65.7 cm³/mol. The number of fused-ring (bicyclic) bond motifs is 1. The molecule has 0 fully saturated rings. The third-order valence-electron chi connectivity index (χ3n) is 3.55. The molecule has 0 saturated carbocycles. The summed E-state index contributed by atoms with van der Waals surface area (Å²) < 4.78 is 37.8. The van der Waals surface area contributed by atoms with E-state index in [1.165, 1.54) is 0 Å². The lowest BCUT2D eigenvalue weighted by Gasteiger charge is -2.37. The number of carbonyl (C=O) groups is 1. The molecular weight excluding hydrogens is 255 g/mol. The minimum atomic E-state index is -4.80. The number of rotatable bonds is 1.